The number of methoxy groups -OCH3 is 1. The van der Waals surface area contributed by atoms with Crippen LogP contribution in [-0.4, -0.2) is 43.3 Å². The standard InChI is InChI=1S/C14H17BrO5/c1-3-19-11(16)6-13(18-2)5-9-10(15)4-8(13)12(17)14(9)7-20-14/h4,8-9H,3,5-7H2,1-2H3/t8-,9+,13-,14+/m1/s1. The highest BCUT2D eigenvalue weighted by Crippen LogP contribution is 2.59. The quantitative estimate of drug-likeness (QED) is 0.572. The van der Waals surface area contributed by atoms with Gasteiger partial charge in [-0.05, 0) is 17.8 Å². The Bertz CT molecular complexity index is 496. The third-order valence-electron chi connectivity index (χ3n) is 4.65. The van der Waals surface area contributed by atoms with E-state index in [4.69, 9.17) is 14.2 Å². The maximum absolute atomic E-state index is 12.6. The molecule has 6 heteroatoms. The van der Waals surface area contributed by atoms with Crippen molar-refractivity contribution in [3.8, 4) is 0 Å². The Kier molecular flexibility index (Phi) is 3.30. The molecular weight excluding hydrogens is 328 g/mol. The number of halogens is 1. The molecule has 110 valence electrons. The summed E-state index contributed by atoms with van der Waals surface area (Å²) in [5.74, 6) is -0.818. The van der Waals surface area contributed by atoms with Crippen LogP contribution in [0.1, 0.15) is 19.8 Å². The number of epoxide rings is 1. The first-order chi connectivity index (χ1) is 9.49. The maximum Gasteiger partial charge on any atom is 0.308 e. The fourth-order valence-corrected chi connectivity index (χ4v) is 4.27. The number of carbonyl (C=O) groups is 2. The van der Waals surface area contributed by atoms with Crippen molar-refractivity contribution in [2.75, 3.05) is 20.3 Å². The van der Waals surface area contributed by atoms with Gasteiger partial charge in [0.05, 0.1) is 31.2 Å². The number of carbonyl (C=O) groups excluding carboxylic acids is 2. The normalized spacial score (nSPS) is 41.8. The zero-order valence-corrected chi connectivity index (χ0v) is 13.1. The van der Waals surface area contributed by atoms with E-state index in [9.17, 15) is 9.59 Å². The Morgan fingerprint density at radius 3 is 2.85 bits per heavy atom. The van der Waals surface area contributed by atoms with Crippen LogP contribution in [0.3, 0.4) is 0 Å². The summed E-state index contributed by atoms with van der Waals surface area (Å²) in [5, 5.41) is 0. The largest absolute Gasteiger partial charge is 0.466 e. The molecule has 1 heterocycles. The molecule has 4 atom stereocenters. The van der Waals surface area contributed by atoms with Crippen molar-refractivity contribution in [1.29, 1.82) is 0 Å². The summed E-state index contributed by atoms with van der Waals surface area (Å²) in [7, 11) is 1.55. The molecule has 2 fully saturated rings. The van der Waals surface area contributed by atoms with Crippen molar-refractivity contribution in [1.82, 2.24) is 0 Å². The van der Waals surface area contributed by atoms with E-state index >= 15 is 0 Å². The first kappa shape index (κ1) is 14.2. The van der Waals surface area contributed by atoms with Crippen LogP contribution in [0, 0.1) is 11.8 Å². The topological polar surface area (TPSA) is 65.1 Å². The highest BCUT2D eigenvalue weighted by atomic mass is 79.9. The van der Waals surface area contributed by atoms with E-state index in [1.807, 2.05) is 6.08 Å². The van der Waals surface area contributed by atoms with Crippen LogP contribution < -0.4 is 0 Å². The molecule has 4 aliphatic rings. The Labute approximate surface area is 125 Å². The molecule has 1 saturated heterocycles. The van der Waals surface area contributed by atoms with Crippen molar-refractivity contribution >= 4 is 27.7 Å². The van der Waals surface area contributed by atoms with Gasteiger partial charge in [-0.1, -0.05) is 22.0 Å². The van der Waals surface area contributed by atoms with Gasteiger partial charge in [-0.25, -0.2) is 0 Å². The molecule has 0 aromatic rings. The second-order valence-electron chi connectivity index (χ2n) is 5.58. The van der Waals surface area contributed by atoms with Gasteiger partial charge in [-0.15, -0.1) is 0 Å². The number of ether oxygens (including phenoxy) is 3. The van der Waals surface area contributed by atoms with Crippen molar-refractivity contribution in [3.63, 3.8) is 0 Å². The lowest BCUT2D eigenvalue weighted by molar-refractivity contribution is -0.166. The highest BCUT2D eigenvalue weighted by molar-refractivity contribution is 9.11. The van der Waals surface area contributed by atoms with Gasteiger partial charge in [0.25, 0.3) is 0 Å². The first-order valence-electron chi connectivity index (χ1n) is 6.75. The van der Waals surface area contributed by atoms with Crippen LogP contribution in [0.15, 0.2) is 10.6 Å². The Morgan fingerprint density at radius 1 is 1.60 bits per heavy atom. The molecule has 0 aromatic heterocycles. The Hall–Kier alpha value is -0.720. The van der Waals surface area contributed by atoms with Crippen LogP contribution >= 0.6 is 15.9 Å². The fraction of sp³-hybridized carbons (Fsp3) is 0.714. The second-order valence-corrected chi connectivity index (χ2v) is 6.49. The molecule has 0 amide bonds. The van der Waals surface area contributed by atoms with Crippen molar-refractivity contribution < 1.29 is 23.8 Å². The molecule has 1 saturated carbocycles. The number of hydrogen-bond acceptors (Lipinski definition) is 5. The van der Waals surface area contributed by atoms with Gasteiger partial charge in [-0.2, -0.15) is 0 Å². The average Bonchev–Trinajstić information content (AvgIpc) is 3.19. The molecule has 4 rings (SSSR count). The summed E-state index contributed by atoms with van der Waals surface area (Å²) >= 11 is 3.52. The Balaban J connectivity index is 1.91. The lowest BCUT2D eigenvalue weighted by Gasteiger charge is -2.49. The molecule has 0 aromatic carbocycles. The molecular formula is C14H17BrO5. The molecule has 1 aliphatic heterocycles. The van der Waals surface area contributed by atoms with Gasteiger partial charge in [0.15, 0.2) is 11.4 Å². The number of fused-ring (bicyclic) bond motifs is 1. The molecule has 0 unspecified atom stereocenters. The monoisotopic (exact) mass is 344 g/mol. The summed E-state index contributed by atoms with van der Waals surface area (Å²) in [5.41, 5.74) is -1.47. The van der Waals surface area contributed by atoms with E-state index in [0.29, 0.717) is 19.6 Å². The number of Topliss-reactive ketones (excluding diaryl/α,β-unsaturated/α-hetero) is 1. The van der Waals surface area contributed by atoms with Crippen LogP contribution in [0.4, 0.5) is 0 Å². The molecule has 3 aliphatic carbocycles. The zero-order chi connectivity index (χ0) is 14.5. The minimum Gasteiger partial charge on any atom is -0.466 e. The smallest absolute Gasteiger partial charge is 0.308 e. The van der Waals surface area contributed by atoms with E-state index in [1.165, 1.54) is 0 Å². The van der Waals surface area contributed by atoms with Gasteiger partial charge in [0.2, 0.25) is 0 Å². The van der Waals surface area contributed by atoms with E-state index in [-0.39, 0.29) is 24.1 Å². The van der Waals surface area contributed by atoms with E-state index < -0.39 is 17.1 Å². The third-order valence-corrected chi connectivity index (χ3v) is 5.47. The van der Waals surface area contributed by atoms with Gasteiger partial charge in [0.1, 0.15) is 0 Å². The third kappa shape index (κ3) is 1.81. The SMILES string of the molecule is CCOC(=O)C[C@]1(OC)C[C@H]2C(Br)=C[C@@H]1C(=O)[C@]21CO1. The summed E-state index contributed by atoms with van der Waals surface area (Å²) in [6.07, 6.45) is 2.55. The summed E-state index contributed by atoms with van der Waals surface area (Å²) in [6.45, 7) is 2.56. The predicted octanol–water partition coefficient (Wildman–Crippen LogP) is 1.59. The van der Waals surface area contributed by atoms with Gasteiger partial charge >= 0.3 is 5.97 Å². The van der Waals surface area contributed by atoms with E-state index in [0.717, 1.165) is 4.48 Å². The molecule has 0 radical (unpaired) electrons. The minimum absolute atomic E-state index is 0.0306. The van der Waals surface area contributed by atoms with E-state index in [1.54, 1.807) is 14.0 Å². The van der Waals surface area contributed by atoms with Crippen LogP contribution in [0.5, 0.6) is 0 Å². The second kappa shape index (κ2) is 4.64. The minimum atomic E-state index is -0.803. The number of hydrogen-bond donors (Lipinski definition) is 0. The van der Waals surface area contributed by atoms with Crippen molar-refractivity contribution in [3.05, 3.63) is 10.6 Å². The summed E-state index contributed by atoms with van der Waals surface area (Å²) in [6, 6.07) is 0. The summed E-state index contributed by atoms with van der Waals surface area (Å²) < 4.78 is 17.1. The van der Waals surface area contributed by atoms with Crippen molar-refractivity contribution in [2.45, 2.75) is 31.0 Å². The highest BCUT2D eigenvalue weighted by Gasteiger charge is 2.70. The predicted molar refractivity (Wildman–Crippen MR) is 73.3 cm³/mol. The lowest BCUT2D eigenvalue weighted by atomic mass is 9.59. The summed E-state index contributed by atoms with van der Waals surface area (Å²) in [4.78, 5) is 24.4. The van der Waals surface area contributed by atoms with Crippen LogP contribution in [-0.2, 0) is 23.8 Å². The molecule has 2 bridgehead atoms. The molecule has 1 spiro atoms. The first-order valence-corrected chi connectivity index (χ1v) is 7.54. The number of esters is 1. The van der Waals surface area contributed by atoms with E-state index in [2.05, 4.69) is 15.9 Å². The van der Waals surface area contributed by atoms with Gasteiger partial charge in [0, 0.05) is 13.0 Å². The maximum atomic E-state index is 12.6. The molecule has 20 heavy (non-hydrogen) atoms. The fourth-order valence-electron chi connectivity index (χ4n) is 3.48. The van der Waals surface area contributed by atoms with Crippen molar-refractivity contribution in [2.24, 2.45) is 11.8 Å². The zero-order valence-electron chi connectivity index (χ0n) is 11.5. The average molecular weight is 345 g/mol. The molecule has 5 nitrogen and oxygen atoms in total. The number of ketones is 1. The lowest BCUT2D eigenvalue weighted by Crippen LogP contribution is -2.60. The van der Waals surface area contributed by atoms with Crippen LogP contribution in [0.2, 0.25) is 0 Å². The Morgan fingerprint density at radius 2 is 2.30 bits per heavy atom. The van der Waals surface area contributed by atoms with Crippen LogP contribution in [0.25, 0.3) is 0 Å². The van der Waals surface area contributed by atoms with Gasteiger partial charge < -0.3 is 14.2 Å². The molecule has 0 N–H and O–H groups in total. The van der Waals surface area contributed by atoms with Gasteiger partial charge in [-0.3, -0.25) is 9.59 Å². The number of rotatable bonds is 4.